The minimum atomic E-state index is -0.737. The molecule has 0 aromatic carbocycles. The molecule has 1 heterocycles. The Balaban J connectivity index is 3.03. The largest absolute Gasteiger partial charge is 0.455 e. The summed E-state index contributed by atoms with van der Waals surface area (Å²) in [6.07, 6.45) is 2.25. The van der Waals surface area contributed by atoms with Gasteiger partial charge in [0.25, 0.3) is 5.69 Å². The van der Waals surface area contributed by atoms with E-state index < -0.39 is 16.5 Å². The number of anilines is 1. The van der Waals surface area contributed by atoms with Crippen molar-refractivity contribution in [3.63, 3.8) is 0 Å². The standard InChI is InChI=1S/C13H19N5O4/c1-8-11(5-9(6-16-8)18(20)21)17(15)7-10(14)12(19)22-13(2,3)4/h5-7H,14-15H2,1-4H3/b10-7-. The van der Waals surface area contributed by atoms with Crippen LogP contribution in [0.1, 0.15) is 26.5 Å². The first-order valence-electron chi connectivity index (χ1n) is 6.37. The minimum Gasteiger partial charge on any atom is -0.455 e. The maximum absolute atomic E-state index is 11.8. The maximum atomic E-state index is 11.8. The third-order valence-electron chi connectivity index (χ3n) is 2.45. The van der Waals surface area contributed by atoms with E-state index in [9.17, 15) is 14.9 Å². The molecular formula is C13H19N5O4. The molecule has 22 heavy (non-hydrogen) atoms. The van der Waals surface area contributed by atoms with Crippen molar-refractivity contribution in [1.82, 2.24) is 4.98 Å². The molecule has 0 radical (unpaired) electrons. The fourth-order valence-electron chi connectivity index (χ4n) is 1.48. The summed E-state index contributed by atoms with van der Waals surface area (Å²) in [5.41, 5.74) is 5.17. The number of rotatable bonds is 4. The molecule has 0 saturated carbocycles. The molecular weight excluding hydrogens is 290 g/mol. The Morgan fingerprint density at radius 1 is 1.50 bits per heavy atom. The van der Waals surface area contributed by atoms with Crippen LogP contribution in [0.25, 0.3) is 0 Å². The Morgan fingerprint density at radius 3 is 2.59 bits per heavy atom. The second-order valence-corrected chi connectivity index (χ2v) is 5.55. The average molecular weight is 309 g/mol. The summed E-state index contributed by atoms with van der Waals surface area (Å²) in [6, 6.07) is 1.24. The average Bonchev–Trinajstić information content (AvgIpc) is 2.36. The number of ether oxygens (including phenoxy) is 1. The van der Waals surface area contributed by atoms with E-state index in [2.05, 4.69) is 4.98 Å². The van der Waals surface area contributed by atoms with Gasteiger partial charge in [-0.3, -0.25) is 20.1 Å². The maximum Gasteiger partial charge on any atom is 0.356 e. The van der Waals surface area contributed by atoms with Gasteiger partial charge >= 0.3 is 5.97 Å². The zero-order chi connectivity index (χ0) is 17.1. The van der Waals surface area contributed by atoms with Crippen LogP contribution in [-0.2, 0) is 9.53 Å². The molecule has 0 aliphatic heterocycles. The zero-order valence-corrected chi connectivity index (χ0v) is 12.9. The van der Waals surface area contributed by atoms with Crippen LogP contribution >= 0.6 is 0 Å². The quantitative estimate of drug-likeness (QED) is 0.277. The highest BCUT2D eigenvalue weighted by molar-refractivity contribution is 5.88. The summed E-state index contributed by atoms with van der Waals surface area (Å²) in [6.45, 7) is 6.73. The van der Waals surface area contributed by atoms with Crippen LogP contribution in [0.2, 0.25) is 0 Å². The van der Waals surface area contributed by atoms with Gasteiger partial charge in [0.2, 0.25) is 0 Å². The van der Waals surface area contributed by atoms with Gasteiger partial charge in [-0.1, -0.05) is 0 Å². The SMILES string of the molecule is Cc1ncc([N+](=O)[O-])cc1N(N)/C=C(\N)C(=O)OC(C)(C)C. The number of hydrazine groups is 1. The second-order valence-electron chi connectivity index (χ2n) is 5.55. The summed E-state index contributed by atoms with van der Waals surface area (Å²) in [5, 5.41) is 11.8. The lowest BCUT2D eigenvalue weighted by Crippen LogP contribution is -2.31. The normalized spacial score (nSPS) is 12.0. The van der Waals surface area contributed by atoms with Crippen LogP contribution in [-0.4, -0.2) is 21.5 Å². The van der Waals surface area contributed by atoms with Crippen molar-refractivity contribution in [1.29, 1.82) is 0 Å². The lowest BCUT2D eigenvalue weighted by atomic mass is 10.2. The molecule has 0 aliphatic rings. The summed E-state index contributed by atoms with van der Waals surface area (Å²) in [4.78, 5) is 25.8. The van der Waals surface area contributed by atoms with Gasteiger partial charge in [-0.2, -0.15) is 0 Å². The van der Waals surface area contributed by atoms with Crippen molar-refractivity contribution in [3.8, 4) is 0 Å². The van der Waals surface area contributed by atoms with Crippen molar-refractivity contribution >= 4 is 17.3 Å². The fourth-order valence-corrected chi connectivity index (χ4v) is 1.48. The van der Waals surface area contributed by atoms with Gasteiger partial charge in [-0.05, 0) is 27.7 Å². The van der Waals surface area contributed by atoms with Crippen LogP contribution in [0.3, 0.4) is 0 Å². The highest BCUT2D eigenvalue weighted by Gasteiger charge is 2.19. The third kappa shape index (κ3) is 4.70. The van der Waals surface area contributed by atoms with Gasteiger partial charge in [-0.25, -0.2) is 10.6 Å². The van der Waals surface area contributed by atoms with Gasteiger partial charge in [0.15, 0.2) is 0 Å². The van der Waals surface area contributed by atoms with E-state index in [1.165, 1.54) is 6.07 Å². The number of pyridine rings is 1. The number of nitrogens with zero attached hydrogens (tertiary/aromatic N) is 3. The predicted octanol–water partition coefficient (Wildman–Crippen LogP) is 1.12. The predicted molar refractivity (Wildman–Crippen MR) is 80.4 cm³/mol. The number of nitrogens with two attached hydrogens (primary N) is 2. The van der Waals surface area contributed by atoms with E-state index in [0.29, 0.717) is 5.69 Å². The number of carbonyl (C=O) groups is 1. The minimum absolute atomic E-state index is 0.222. The van der Waals surface area contributed by atoms with E-state index in [1.807, 2.05) is 0 Å². The van der Waals surface area contributed by atoms with Crippen LogP contribution in [0.15, 0.2) is 24.2 Å². The van der Waals surface area contributed by atoms with Gasteiger partial charge in [0.1, 0.15) is 17.5 Å². The van der Waals surface area contributed by atoms with Crippen molar-refractivity contribution in [2.45, 2.75) is 33.3 Å². The topological polar surface area (TPSA) is 138 Å². The van der Waals surface area contributed by atoms with Crippen LogP contribution in [0.5, 0.6) is 0 Å². The Labute approximate surface area is 127 Å². The van der Waals surface area contributed by atoms with E-state index in [-0.39, 0.29) is 17.1 Å². The molecule has 0 spiro atoms. The summed E-state index contributed by atoms with van der Waals surface area (Å²) in [5.74, 6) is 5.04. The monoisotopic (exact) mass is 309 g/mol. The van der Waals surface area contributed by atoms with E-state index in [4.69, 9.17) is 16.3 Å². The molecule has 9 heteroatoms. The molecule has 4 N–H and O–H groups in total. The number of hydrogen-bond donors (Lipinski definition) is 2. The molecule has 0 amide bonds. The van der Waals surface area contributed by atoms with E-state index >= 15 is 0 Å². The Morgan fingerprint density at radius 2 is 2.09 bits per heavy atom. The summed E-state index contributed by atoms with van der Waals surface area (Å²) >= 11 is 0. The molecule has 9 nitrogen and oxygen atoms in total. The number of aryl methyl sites for hydroxylation is 1. The lowest BCUT2D eigenvalue weighted by Gasteiger charge is -2.21. The molecule has 0 atom stereocenters. The number of hydrogen-bond acceptors (Lipinski definition) is 8. The van der Waals surface area contributed by atoms with Crippen LogP contribution < -0.4 is 16.6 Å². The van der Waals surface area contributed by atoms with Gasteiger partial charge in [-0.15, -0.1) is 0 Å². The Kier molecular flexibility index (Phi) is 5.05. The van der Waals surface area contributed by atoms with Crippen molar-refractivity contribution in [2.75, 3.05) is 5.01 Å². The number of esters is 1. The van der Waals surface area contributed by atoms with Crippen LogP contribution in [0.4, 0.5) is 11.4 Å². The highest BCUT2D eigenvalue weighted by Crippen LogP contribution is 2.22. The smallest absolute Gasteiger partial charge is 0.356 e. The van der Waals surface area contributed by atoms with Crippen molar-refractivity contribution in [3.05, 3.63) is 40.0 Å². The first-order valence-corrected chi connectivity index (χ1v) is 6.37. The molecule has 0 bridgehead atoms. The van der Waals surface area contributed by atoms with Gasteiger partial charge < -0.3 is 10.5 Å². The molecule has 1 aromatic heterocycles. The molecule has 0 aliphatic carbocycles. The highest BCUT2D eigenvalue weighted by atomic mass is 16.6. The fraction of sp³-hybridized carbons (Fsp3) is 0.385. The van der Waals surface area contributed by atoms with Gasteiger partial charge in [0, 0.05) is 6.07 Å². The molecule has 0 unspecified atom stereocenters. The zero-order valence-electron chi connectivity index (χ0n) is 12.9. The molecule has 1 aromatic rings. The van der Waals surface area contributed by atoms with Crippen LogP contribution in [0, 0.1) is 17.0 Å². The number of nitro groups is 1. The van der Waals surface area contributed by atoms with E-state index in [0.717, 1.165) is 17.4 Å². The molecule has 0 fully saturated rings. The van der Waals surface area contributed by atoms with E-state index in [1.54, 1.807) is 27.7 Å². The molecule has 120 valence electrons. The number of carbonyl (C=O) groups excluding carboxylic acids is 1. The Bertz CT molecular complexity index is 621. The first kappa shape index (κ1) is 17.4. The van der Waals surface area contributed by atoms with Gasteiger partial charge in [0.05, 0.1) is 22.5 Å². The molecule has 0 saturated heterocycles. The van der Waals surface area contributed by atoms with Crippen molar-refractivity contribution < 1.29 is 14.5 Å². The second kappa shape index (κ2) is 6.39. The lowest BCUT2D eigenvalue weighted by molar-refractivity contribution is -0.385. The summed E-state index contributed by atoms with van der Waals surface area (Å²) in [7, 11) is 0. The Hall–Kier alpha value is -2.68. The first-order chi connectivity index (χ1) is 10.0. The van der Waals surface area contributed by atoms with Crippen molar-refractivity contribution in [2.24, 2.45) is 11.6 Å². The third-order valence-corrected chi connectivity index (χ3v) is 2.45. The molecule has 1 rings (SSSR count). The summed E-state index contributed by atoms with van der Waals surface area (Å²) < 4.78 is 5.09. The number of aromatic nitrogens is 1.